The predicted molar refractivity (Wildman–Crippen MR) is 107 cm³/mol. The summed E-state index contributed by atoms with van der Waals surface area (Å²) in [5.41, 5.74) is 0.968. The van der Waals surface area contributed by atoms with Crippen molar-refractivity contribution in [3.8, 4) is 0 Å². The molecule has 1 fully saturated rings. The Morgan fingerprint density at radius 2 is 2.25 bits per heavy atom. The van der Waals surface area contributed by atoms with E-state index in [9.17, 15) is 14.7 Å². The van der Waals surface area contributed by atoms with Gasteiger partial charge in [-0.1, -0.05) is 35.9 Å². The zero-order valence-corrected chi connectivity index (χ0v) is 16.9. The third-order valence-corrected chi connectivity index (χ3v) is 4.88. The Labute approximate surface area is 171 Å². The monoisotopic (exact) mass is 409 g/mol. The normalized spacial score (nSPS) is 18.0. The highest BCUT2D eigenvalue weighted by Gasteiger charge is 2.28. The Balaban J connectivity index is 1.74. The molecule has 6 nitrogen and oxygen atoms in total. The Kier molecular flexibility index (Phi) is 9.47. The number of carbonyl (C=O) groups is 2. The zero-order chi connectivity index (χ0) is 20.4. The van der Waals surface area contributed by atoms with Gasteiger partial charge in [-0.2, -0.15) is 0 Å². The highest BCUT2D eigenvalue weighted by Crippen LogP contribution is 2.21. The highest BCUT2D eigenvalue weighted by molar-refractivity contribution is 6.30. The maximum atomic E-state index is 12.1. The lowest BCUT2D eigenvalue weighted by molar-refractivity contribution is -0.145. The summed E-state index contributed by atoms with van der Waals surface area (Å²) >= 11 is 5.97. The Morgan fingerprint density at radius 1 is 1.43 bits per heavy atom. The molecule has 1 amide bonds. The van der Waals surface area contributed by atoms with Crippen LogP contribution >= 0.6 is 11.6 Å². The van der Waals surface area contributed by atoms with E-state index in [4.69, 9.17) is 16.3 Å². The Hall–Kier alpha value is -1.89. The first-order valence-electron chi connectivity index (χ1n) is 9.54. The van der Waals surface area contributed by atoms with Crippen LogP contribution in [0.15, 0.2) is 36.4 Å². The molecule has 0 aromatic heterocycles. The molecular weight excluding hydrogens is 382 g/mol. The lowest BCUT2D eigenvalue weighted by Crippen LogP contribution is -2.33. The van der Waals surface area contributed by atoms with Gasteiger partial charge in [-0.3, -0.25) is 4.79 Å². The zero-order valence-electron chi connectivity index (χ0n) is 16.2. The molecule has 2 rings (SSSR count). The average Bonchev–Trinajstić information content (AvgIpc) is 3.02. The second kappa shape index (κ2) is 11.8. The molecule has 1 N–H and O–H groups in total. The van der Waals surface area contributed by atoms with Gasteiger partial charge in [0, 0.05) is 31.0 Å². The number of halogens is 1. The van der Waals surface area contributed by atoms with Gasteiger partial charge in [-0.05, 0) is 37.0 Å². The van der Waals surface area contributed by atoms with Crippen LogP contribution in [0.5, 0.6) is 0 Å². The molecule has 1 heterocycles. The van der Waals surface area contributed by atoms with Gasteiger partial charge < -0.3 is 19.5 Å². The highest BCUT2D eigenvalue weighted by atomic mass is 35.5. The van der Waals surface area contributed by atoms with E-state index in [1.165, 1.54) is 7.11 Å². The Morgan fingerprint density at radius 3 is 3.00 bits per heavy atom. The second-order valence-corrected chi connectivity index (χ2v) is 7.25. The van der Waals surface area contributed by atoms with E-state index in [-0.39, 0.29) is 18.6 Å². The van der Waals surface area contributed by atoms with Crippen LogP contribution in [0.25, 0.3) is 0 Å². The van der Waals surface area contributed by atoms with Gasteiger partial charge in [-0.15, -0.1) is 0 Å². The summed E-state index contributed by atoms with van der Waals surface area (Å²) in [4.78, 5) is 24.9. The largest absolute Gasteiger partial charge is 0.467 e. The van der Waals surface area contributed by atoms with Gasteiger partial charge in [-0.25, -0.2) is 4.79 Å². The smallest absolute Gasteiger partial charge is 0.331 e. The SMILES string of the molecule is COC(=O)COCCCCN1C(=O)CC[C@@H]1C=C[C@H](O)Cc1cccc(Cl)c1. The van der Waals surface area contributed by atoms with Gasteiger partial charge in [0.15, 0.2) is 0 Å². The predicted octanol–water partition coefficient (Wildman–Crippen LogP) is 2.76. The van der Waals surface area contributed by atoms with Crippen LogP contribution in [0.1, 0.15) is 31.2 Å². The number of hydrogen-bond acceptors (Lipinski definition) is 5. The number of nitrogens with zero attached hydrogens (tertiary/aromatic N) is 1. The van der Waals surface area contributed by atoms with Crippen LogP contribution in [-0.2, 0) is 25.5 Å². The van der Waals surface area contributed by atoms with Crippen LogP contribution in [0.2, 0.25) is 5.02 Å². The summed E-state index contributed by atoms with van der Waals surface area (Å²) in [6.07, 6.45) is 6.38. The molecule has 1 aliphatic heterocycles. The van der Waals surface area contributed by atoms with Gasteiger partial charge in [0.1, 0.15) is 6.61 Å². The Bertz CT molecular complexity index is 679. The van der Waals surface area contributed by atoms with E-state index >= 15 is 0 Å². The van der Waals surface area contributed by atoms with Gasteiger partial charge >= 0.3 is 5.97 Å². The maximum absolute atomic E-state index is 12.1. The fourth-order valence-corrected chi connectivity index (χ4v) is 3.39. The van der Waals surface area contributed by atoms with Crippen molar-refractivity contribution in [2.45, 2.75) is 44.2 Å². The standard InChI is InChI=1S/C21H28ClNO5/c1-27-21(26)15-28-12-3-2-11-23-18(8-10-20(23)25)7-9-19(24)14-16-5-4-6-17(22)13-16/h4-7,9,13,18-19,24H,2-3,8,10-12,14-15H2,1H3/t18-,19-/m0/s1. The number of likely N-dealkylation sites (tertiary alicyclic amines) is 1. The topological polar surface area (TPSA) is 76.1 Å². The number of benzene rings is 1. The lowest BCUT2D eigenvalue weighted by atomic mass is 10.1. The minimum absolute atomic E-state index is 0.0116. The van der Waals surface area contributed by atoms with Crippen molar-refractivity contribution < 1.29 is 24.2 Å². The first-order chi connectivity index (χ1) is 13.5. The molecule has 1 aromatic rings. The van der Waals surface area contributed by atoms with Crippen molar-refractivity contribution in [2.75, 3.05) is 26.9 Å². The van der Waals surface area contributed by atoms with E-state index in [0.29, 0.717) is 31.0 Å². The van der Waals surface area contributed by atoms with E-state index in [1.807, 2.05) is 29.2 Å². The molecule has 7 heteroatoms. The van der Waals surface area contributed by atoms with E-state index in [0.717, 1.165) is 24.8 Å². The van der Waals surface area contributed by atoms with Crippen molar-refractivity contribution >= 4 is 23.5 Å². The van der Waals surface area contributed by atoms with Crippen molar-refractivity contribution in [1.82, 2.24) is 4.90 Å². The van der Waals surface area contributed by atoms with E-state index < -0.39 is 12.1 Å². The van der Waals surface area contributed by atoms with Crippen molar-refractivity contribution in [3.63, 3.8) is 0 Å². The molecule has 0 saturated carbocycles. The number of rotatable bonds is 11. The third kappa shape index (κ3) is 7.62. The molecule has 1 saturated heterocycles. The van der Waals surface area contributed by atoms with E-state index in [2.05, 4.69) is 4.74 Å². The summed E-state index contributed by atoms with van der Waals surface area (Å²) in [6, 6.07) is 7.44. The summed E-state index contributed by atoms with van der Waals surface area (Å²) in [5, 5.41) is 10.9. The molecule has 0 bridgehead atoms. The number of hydrogen-bond donors (Lipinski definition) is 1. The first-order valence-corrected chi connectivity index (χ1v) is 9.92. The van der Waals surface area contributed by atoms with Crippen LogP contribution in [-0.4, -0.2) is 60.9 Å². The number of unbranched alkanes of at least 4 members (excludes halogenated alkanes) is 1. The molecule has 28 heavy (non-hydrogen) atoms. The molecule has 0 spiro atoms. The number of amides is 1. The van der Waals surface area contributed by atoms with Crippen molar-refractivity contribution in [3.05, 3.63) is 47.0 Å². The van der Waals surface area contributed by atoms with Gasteiger partial charge in [0.25, 0.3) is 0 Å². The summed E-state index contributed by atoms with van der Waals surface area (Å²) in [7, 11) is 1.32. The van der Waals surface area contributed by atoms with Crippen LogP contribution in [0, 0.1) is 0 Å². The van der Waals surface area contributed by atoms with Gasteiger partial charge in [0.2, 0.25) is 5.91 Å². The molecule has 0 aliphatic carbocycles. The van der Waals surface area contributed by atoms with E-state index in [1.54, 1.807) is 12.1 Å². The molecule has 0 radical (unpaired) electrons. The van der Waals surface area contributed by atoms with Crippen molar-refractivity contribution in [1.29, 1.82) is 0 Å². The van der Waals surface area contributed by atoms with Crippen molar-refractivity contribution in [2.24, 2.45) is 0 Å². The number of aliphatic hydroxyl groups is 1. The number of carbonyl (C=O) groups excluding carboxylic acids is 2. The van der Waals surface area contributed by atoms with Crippen LogP contribution in [0.4, 0.5) is 0 Å². The van der Waals surface area contributed by atoms with Gasteiger partial charge in [0.05, 0.1) is 19.3 Å². The number of esters is 1. The molecule has 1 aromatic carbocycles. The first kappa shape index (κ1) is 22.4. The summed E-state index contributed by atoms with van der Waals surface area (Å²) in [5.74, 6) is -0.259. The average molecular weight is 410 g/mol. The third-order valence-electron chi connectivity index (χ3n) is 4.65. The van der Waals surface area contributed by atoms with Crippen LogP contribution < -0.4 is 0 Å². The number of methoxy groups -OCH3 is 1. The minimum Gasteiger partial charge on any atom is -0.467 e. The second-order valence-electron chi connectivity index (χ2n) is 6.82. The molecule has 154 valence electrons. The minimum atomic E-state index is -0.622. The summed E-state index contributed by atoms with van der Waals surface area (Å²) in [6.45, 7) is 1.05. The fourth-order valence-electron chi connectivity index (χ4n) is 3.18. The molecule has 0 unspecified atom stereocenters. The lowest BCUT2D eigenvalue weighted by Gasteiger charge is -2.22. The maximum Gasteiger partial charge on any atom is 0.331 e. The number of aliphatic hydroxyl groups excluding tert-OH is 1. The molecule has 1 aliphatic rings. The number of ether oxygens (including phenoxy) is 2. The fraction of sp³-hybridized carbons (Fsp3) is 0.524. The summed E-state index contributed by atoms with van der Waals surface area (Å²) < 4.78 is 9.72. The molecule has 2 atom stereocenters. The molecular formula is C21H28ClNO5. The van der Waals surface area contributed by atoms with Crippen LogP contribution in [0.3, 0.4) is 0 Å². The quantitative estimate of drug-likeness (QED) is 0.345.